The van der Waals surface area contributed by atoms with E-state index in [1.807, 2.05) is 19.1 Å². The summed E-state index contributed by atoms with van der Waals surface area (Å²) in [4.78, 5) is 2.44. The van der Waals surface area contributed by atoms with E-state index in [1.54, 1.807) is 7.11 Å². The van der Waals surface area contributed by atoms with Crippen molar-refractivity contribution in [3.05, 3.63) is 28.2 Å². The maximum atomic E-state index is 9.62. The van der Waals surface area contributed by atoms with Crippen molar-refractivity contribution < 1.29 is 9.84 Å². The summed E-state index contributed by atoms with van der Waals surface area (Å²) in [6.45, 7) is 4.95. The standard InChI is InChI=1S/C15H22BrNO2/c1-11(18)12-5-7-17(8-6-12)10-13-9-14(19-2)3-4-15(13)16/h3-4,9,11-12,18H,5-8,10H2,1-2H3. The Morgan fingerprint density at radius 1 is 1.42 bits per heavy atom. The van der Waals surface area contributed by atoms with Gasteiger partial charge in [0, 0.05) is 11.0 Å². The maximum absolute atomic E-state index is 9.62. The Labute approximate surface area is 123 Å². The molecule has 3 nitrogen and oxygen atoms in total. The molecule has 1 aromatic rings. The number of aliphatic hydroxyl groups is 1. The van der Waals surface area contributed by atoms with E-state index in [0.29, 0.717) is 5.92 Å². The third-order valence-corrected chi connectivity index (χ3v) is 4.73. The average molecular weight is 328 g/mol. The van der Waals surface area contributed by atoms with Gasteiger partial charge in [0.05, 0.1) is 13.2 Å². The smallest absolute Gasteiger partial charge is 0.119 e. The molecule has 1 aliphatic rings. The van der Waals surface area contributed by atoms with Crippen LogP contribution in [-0.4, -0.2) is 36.3 Å². The average Bonchev–Trinajstić information content (AvgIpc) is 2.42. The summed E-state index contributed by atoms with van der Waals surface area (Å²) in [7, 11) is 1.70. The molecule has 0 radical (unpaired) electrons. The number of ether oxygens (including phenoxy) is 1. The Hall–Kier alpha value is -0.580. The van der Waals surface area contributed by atoms with Crippen LogP contribution < -0.4 is 4.74 Å². The van der Waals surface area contributed by atoms with E-state index in [2.05, 4.69) is 26.9 Å². The maximum Gasteiger partial charge on any atom is 0.119 e. The third-order valence-electron chi connectivity index (χ3n) is 3.96. The molecule has 0 aliphatic carbocycles. The van der Waals surface area contributed by atoms with Gasteiger partial charge in [-0.1, -0.05) is 15.9 Å². The zero-order valence-corrected chi connectivity index (χ0v) is 13.2. The third kappa shape index (κ3) is 3.94. The van der Waals surface area contributed by atoms with Crippen LogP contribution in [0.25, 0.3) is 0 Å². The Morgan fingerprint density at radius 3 is 2.68 bits per heavy atom. The number of nitrogens with zero attached hydrogens (tertiary/aromatic N) is 1. The lowest BCUT2D eigenvalue weighted by Gasteiger charge is -2.33. The van der Waals surface area contributed by atoms with Crippen LogP contribution in [0.3, 0.4) is 0 Å². The first kappa shape index (κ1) is 14.8. The monoisotopic (exact) mass is 327 g/mol. The van der Waals surface area contributed by atoms with Gasteiger partial charge in [-0.3, -0.25) is 4.90 Å². The van der Waals surface area contributed by atoms with Gasteiger partial charge in [0.1, 0.15) is 5.75 Å². The molecule has 0 bridgehead atoms. The molecular formula is C15H22BrNO2. The van der Waals surface area contributed by atoms with Crippen molar-refractivity contribution in [2.24, 2.45) is 5.92 Å². The van der Waals surface area contributed by atoms with E-state index < -0.39 is 0 Å². The second-order valence-electron chi connectivity index (χ2n) is 5.31. The SMILES string of the molecule is COc1ccc(Br)c(CN2CCC(C(C)O)CC2)c1. The summed E-state index contributed by atoms with van der Waals surface area (Å²) >= 11 is 3.60. The van der Waals surface area contributed by atoms with Crippen LogP contribution in [0, 0.1) is 5.92 Å². The van der Waals surface area contributed by atoms with E-state index in [9.17, 15) is 5.11 Å². The first-order valence-corrected chi connectivity index (χ1v) is 7.62. The molecule has 2 rings (SSSR count). The van der Waals surface area contributed by atoms with Crippen molar-refractivity contribution in [1.82, 2.24) is 4.90 Å². The quantitative estimate of drug-likeness (QED) is 0.922. The molecular weight excluding hydrogens is 306 g/mol. The van der Waals surface area contributed by atoms with Crippen molar-refractivity contribution in [2.45, 2.75) is 32.4 Å². The molecule has 19 heavy (non-hydrogen) atoms. The van der Waals surface area contributed by atoms with Crippen LogP contribution >= 0.6 is 15.9 Å². The van der Waals surface area contributed by atoms with Gasteiger partial charge in [-0.15, -0.1) is 0 Å². The molecule has 0 amide bonds. The van der Waals surface area contributed by atoms with Gasteiger partial charge in [0.15, 0.2) is 0 Å². The molecule has 1 N–H and O–H groups in total. The molecule has 1 heterocycles. The van der Waals surface area contributed by atoms with Crippen LogP contribution in [0.5, 0.6) is 5.75 Å². The topological polar surface area (TPSA) is 32.7 Å². The normalized spacial score (nSPS) is 19.4. The minimum atomic E-state index is -0.175. The second kappa shape index (κ2) is 6.73. The summed E-state index contributed by atoms with van der Waals surface area (Å²) in [5.74, 6) is 1.36. The fraction of sp³-hybridized carbons (Fsp3) is 0.600. The number of likely N-dealkylation sites (tertiary alicyclic amines) is 1. The van der Waals surface area contributed by atoms with Crippen molar-refractivity contribution in [1.29, 1.82) is 0 Å². The number of methoxy groups -OCH3 is 1. The molecule has 0 aromatic heterocycles. The lowest BCUT2D eigenvalue weighted by molar-refractivity contribution is 0.0694. The van der Waals surface area contributed by atoms with Gasteiger partial charge in [-0.2, -0.15) is 0 Å². The number of aliphatic hydroxyl groups excluding tert-OH is 1. The number of hydrogen-bond acceptors (Lipinski definition) is 3. The van der Waals surface area contributed by atoms with Gasteiger partial charge >= 0.3 is 0 Å². The number of halogens is 1. The summed E-state index contributed by atoms with van der Waals surface area (Å²) in [5, 5.41) is 9.62. The number of rotatable bonds is 4. The van der Waals surface area contributed by atoms with Crippen molar-refractivity contribution >= 4 is 15.9 Å². The van der Waals surface area contributed by atoms with Crippen LogP contribution in [0.15, 0.2) is 22.7 Å². The number of benzene rings is 1. The van der Waals surface area contributed by atoms with Crippen LogP contribution in [0.4, 0.5) is 0 Å². The van der Waals surface area contributed by atoms with Gasteiger partial charge < -0.3 is 9.84 Å². The van der Waals surface area contributed by atoms with Gasteiger partial charge in [0.25, 0.3) is 0 Å². The Morgan fingerprint density at radius 2 is 2.11 bits per heavy atom. The first-order chi connectivity index (χ1) is 9.10. The summed E-state index contributed by atoms with van der Waals surface area (Å²) in [6, 6.07) is 6.09. The highest BCUT2D eigenvalue weighted by Crippen LogP contribution is 2.26. The van der Waals surface area contributed by atoms with E-state index in [1.165, 1.54) is 5.56 Å². The molecule has 1 aromatic carbocycles. The lowest BCUT2D eigenvalue weighted by Crippen LogP contribution is -2.36. The minimum absolute atomic E-state index is 0.175. The van der Waals surface area contributed by atoms with Crippen LogP contribution in [0.2, 0.25) is 0 Å². The zero-order chi connectivity index (χ0) is 13.8. The van der Waals surface area contributed by atoms with E-state index in [0.717, 1.165) is 42.7 Å². The molecule has 1 saturated heterocycles. The molecule has 0 spiro atoms. The van der Waals surface area contributed by atoms with E-state index in [4.69, 9.17) is 4.74 Å². The predicted octanol–water partition coefficient (Wildman–Crippen LogP) is 3.05. The Kier molecular flexibility index (Phi) is 5.25. The molecule has 1 atom stereocenters. The minimum Gasteiger partial charge on any atom is -0.497 e. The largest absolute Gasteiger partial charge is 0.497 e. The van der Waals surface area contributed by atoms with E-state index >= 15 is 0 Å². The summed E-state index contributed by atoms with van der Waals surface area (Å²) < 4.78 is 6.41. The van der Waals surface area contributed by atoms with Gasteiger partial charge in [-0.25, -0.2) is 0 Å². The predicted molar refractivity (Wildman–Crippen MR) is 80.4 cm³/mol. The number of hydrogen-bond donors (Lipinski definition) is 1. The first-order valence-electron chi connectivity index (χ1n) is 6.83. The molecule has 0 saturated carbocycles. The highest BCUT2D eigenvalue weighted by molar-refractivity contribution is 9.10. The molecule has 1 unspecified atom stereocenters. The van der Waals surface area contributed by atoms with Crippen molar-refractivity contribution in [3.63, 3.8) is 0 Å². The van der Waals surface area contributed by atoms with E-state index in [-0.39, 0.29) is 6.10 Å². The van der Waals surface area contributed by atoms with Crippen LogP contribution in [0.1, 0.15) is 25.3 Å². The zero-order valence-electron chi connectivity index (χ0n) is 11.6. The summed E-state index contributed by atoms with van der Waals surface area (Å²) in [5.41, 5.74) is 1.26. The lowest BCUT2D eigenvalue weighted by atomic mass is 9.92. The fourth-order valence-electron chi connectivity index (χ4n) is 2.63. The highest BCUT2D eigenvalue weighted by Gasteiger charge is 2.22. The van der Waals surface area contributed by atoms with Crippen molar-refractivity contribution in [2.75, 3.05) is 20.2 Å². The van der Waals surface area contributed by atoms with Gasteiger partial charge in [0.2, 0.25) is 0 Å². The molecule has 106 valence electrons. The van der Waals surface area contributed by atoms with Crippen LogP contribution in [-0.2, 0) is 6.54 Å². The number of piperidine rings is 1. The fourth-order valence-corrected chi connectivity index (χ4v) is 3.01. The van der Waals surface area contributed by atoms with Crippen molar-refractivity contribution in [3.8, 4) is 5.75 Å². The second-order valence-corrected chi connectivity index (χ2v) is 6.17. The molecule has 1 aliphatic heterocycles. The highest BCUT2D eigenvalue weighted by atomic mass is 79.9. The summed E-state index contributed by atoms with van der Waals surface area (Å²) in [6.07, 6.45) is 1.99. The Bertz CT molecular complexity index is 415. The van der Waals surface area contributed by atoms with Gasteiger partial charge in [-0.05, 0) is 62.5 Å². The Balaban J connectivity index is 1.95. The molecule has 4 heteroatoms. The molecule has 1 fully saturated rings.